The normalized spacial score (nSPS) is 18.5. The Labute approximate surface area is 190 Å². The Morgan fingerprint density at radius 2 is 2.10 bits per heavy atom. The lowest BCUT2D eigenvalue weighted by Gasteiger charge is -2.35. The van der Waals surface area contributed by atoms with E-state index in [1.165, 1.54) is 23.4 Å². The third-order valence-electron chi connectivity index (χ3n) is 4.85. The molecule has 1 aliphatic heterocycles. The highest BCUT2D eigenvalue weighted by Crippen LogP contribution is 2.28. The van der Waals surface area contributed by atoms with E-state index in [-0.39, 0.29) is 29.7 Å². The van der Waals surface area contributed by atoms with E-state index in [2.05, 4.69) is 20.4 Å². The number of halogens is 1. The standard InChI is InChI=1S/C18H31N5O4S.HI/c1-2-19-18(20-7-3-12-26-14-16-4-5-16)22-8-10-23(11-9-22)28(24,25)15-17-6-13-27-21-17;/h6,13,16H,2-5,7-12,14-15H2,1H3,(H,19,20);1H. The van der Waals surface area contributed by atoms with Gasteiger partial charge in [0.1, 0.15) is 12.0 Å². The van der Waals surface area contributed by atoms with Gasteiger partial charge < -0.3 is 19.5 Å². The zero-order valence-electron chi connectivity index (χ0n) is 17.0. The first-order valence-corrected chi connectivity index (χ1v) is 11.7. The molecule has 0 bridgehead atoms. The molecule has 0 spiro atoms. The maximum absolute atomic E-state index is 12.5. The number of ether oxygens (including phenoxy) is 1. The van der Waals surface area contributed by atoms with E-state index in [9.17, 15) is 8.42 Å². The third kappa shape index (κ3) is 8.02. The number of aliphatic imine (C=N–C) groups is 1. The number of nitrogens with one attached hydrogen (secondary N) is 1. The molecule has 1 aromatic rings. The number of nitrogens with zero attached hydrogens (tertiary/aromatic N) is 4. The number of hydrogen-bond donors (Lipinski definition) is 1. The molecule has 1 aliphatic carbocycles. The first-order chi connectivity index (χ1) is 13.6. The van der Waals surface area contributed by atoms with E-state index in [1.54, 1.807) is 6.07 Å². The summed E-state index contributed by atoms with van der Waals surface area (Å²) in [5, 5.41) is 7.01. The topological polar surface area (TPSA) is 100 Å². The van der Waals surface area contributed by atoms with Crippen LogP contribution in [0.25, 0.3) is 0 Å². The largest absolute Gasteiger partial charge is 0.381 e. The molecule has 2 heterocycles. The summed E-state index contributed by atoms with van der Waals surface area (Å²) in [6, 6.07) is 1.58. The van der Waals surface area contributed by atoms with Crippen molar-refractivity contribution in [2.45, 2.75) is 31.9 Å². The van der Waals surface area contributed by atoms with Crippen molar-refractivity contribution in [1.82, 2.24) is 19.7 Å². The molecule has 0 atom stereocenters. The van der Waals surface area contributed by atoms with Crippen molar-refractivity contribution >= 4 is 40.0 Å². The highest BCUT2D eigenvalue weighted by molar-refractivity contribution is 14.0. The summed E-state index contributed by atoms with van der Waals surface area (Å²) in [4.78, 5) is 6.80. The van der Waals surface area contributed by atoms with Crippen molar-refractivity contribution in [2.75, 3.05) is 52.5 Å². The Hall–Kier alpha value is -0.920. The lowest BCUT2D eigenvalue weighted by molar-refractivity contribution is 0.123. The van der Waals surface area contributed by atoms with E-state index < -0.39 is 10.0 Å². The molecule has 0 aromatic carbocycles. The quantitative estimate of drug-likeness (QED) is 0.208. The van der Waals surface area contributed by atoms with Crippen LogP contribution in [0.5, 0.6) is 0 Å². The van der Waals surface area contributed by atoms with Gasteiger partial charge in [-0.2, -0.15) is 4.31 Å². The molecule has 1 N–H and O–H groups in total. The van der Waals surface area contributed by atoms with Crippen LogP contribution in [0.2, 0.25) is 0 Å². The fourth-order valence-electron chi connectivity index (χ4n) is 3.08. The van der Waals surface area contributed by atoms with Gasteiger partial charge in [-0.3, -0.25) is 4.99 Å². The Kier molecular flexibility index (Phi) is 10.1. The first kappa shape index (κ1) is 24.4. The molecule has 9 nitrogen and oxygen atoms in total. The van der Waals surface area contributed by atoms with E-state index >= 15 is 0 Å². The van der Waals surface area contributed by atoms with Crippen LogP contribution in [-0.2, 0) is 20.5 Å². The number of aromatic nitrogens is 1. The zero-order valence-corrected chi connectivity index (χ0v) is 20.1. The SMILES string of the molecule is CCNC(=NCCCOCC1CC1)N1CCN(S(=O)(=O)Cc2ccon2)CC1.I. The molecule has 1 aromatic heterocycles. The highest BCUT2D eigenvalue weighted by atomic mass is 127. The highest BCUT2D eigenvalue weighted by Gasteiger charge is 2.29. The van der Waals surface area contributed by atoms with Gasteiger partial charge in [0.2, 0.25) is 10.0 Å². The summed E-state index contributed by atoms with van der Waals surface area (Å²) in [5.41, 5.74) is 0.432. The predicted octanol–water partition coefficient (Wildman–Crippen LogP) is 1.52. The van der Waals surface area contributed by atoms with E-state index in [1.807, 2.05) is 6.92 Å². The summed E-state index contributed by atoms with van der Waals surface area (Å²) in [5.74, 6) is 1.51. The van der Waals surface area contributed by atoms with Gasteiger partial charge in [0.25, 0.3) is 0 Å². The molecule has 3 rings (SSSR count). The molecule has 29 heavy (non-hydrogen) atoms. The maximum atomic E-state index is 12.5. The summed E-state index contributed by atoms with van der Waals surface area (Å²) >= 11 is 0. The van der Waals surface area contributed by atoms with Crippen LogP contribution >= 0.6 is 24.0 Å². The fourth-order valence-corrected chi connectivity index (χ4v) is 4.51. The predicted molar refractivity (Wildman–Crippen MR) is 122 cm³/mol. The van der Waals surface area contributed by atoms with Crippen LogP contribution in [0.4, 0.5) is 0 Å². The molecule has 1 saturated carbocycles. The van der Waals surface area contributed by atoms with Crippen molar-refractivity contribution in [3.8, 4) is 0 Å². The van der Waals surface area contributed by atoms with E-state index in [4.69, 9.17) is 9.26 Å². The van der Waals surface area contributed by atoms with Crippen LogP contribution in [-0.4, -0.2) is 81.2 Å². The summed E-state index contributed by atoms with van der Waals surface area (Å²) < 4.78 is 37.0. The van der Waals surface area contributed by atoms with Gasteiger partial charge in [-0.05, 0) is 32.1 Å². The minimum atomic E-state index is -3.39. The van der Waals surface area contributed by atoms with Gasteiger partial charge in [0.15, 0.2) is 5.96 Å². The van der Waals surface area contributed by atoms with Gasteiger partial charge >= 0.3 is 0 Å². The second-order valence-electron chi connectivity index (χ2n) is 7.24. The van der Waals surface area contributed by atoms with Crippen molar-refractivity contribution in [3.05, 3.63) is 18.0 Å². The molecular formula is C18H32IN5O4S. The van der Waals surface area contributed by atoms with Gasteiger partial charge in [-0.15, -0.1) is 24.0 Å². The van der Waals surface area contributed by atoms with Crippen molar-refractivity contribution < 1.29 is 17.7 Å². The Bertz CT molecular complexity index is 717. The van der Waals surface area contributed by atoms with Crippen LogP contribution in [0.1, 0.15) is 31.9 Å². The number of hydrogen-bond acceptors (Lipinski definition) is 6. The Balaban J connectivity index is 0.00000300. The smallest absolute Gasteiger partial charge is 0.220 e. The number of rotatable bonds is 10. The maximum Gasteiger partial charge on any atom is 0.220 e. The lowest BCUT2D eigenvalue weighted by Crippen LogP contribution is -2.53. The Morgan fingerprint density at radius 1 is 1.34 bits per heavy atom. The number of piperazine rings is 1. The van der Waals surface area contributed by atoms with E-state index in [0.717, 1.165) is 38.1 Å². The fraction of sp³-hybridized carbons (Fsp3) is 0.778. The van der Waals surface area contributed by atoms with Gasteiger partial charge in [0.05, 0.1) is 5.69 Å². The van der Waals surface area contributed by atoms with Crippen molar-refractivity contribution in [1.29, 1.82) is 0 Å². The molecule has 11 heteroatoms. The molecule has 2 fully saturated rings. The minimum absolute atomic E-state index is 0. The van der Waals surface area contributed by atoms with Gasteiger partial charge in [0, 0.05) is 58.5 Å². The molecule has 166 valence electrons. The second-order valence-corrected chi connectivity index (χ2v) is 9.21. The van der Waals surface area contributed by atoms with Crippen LogP contribution in [0, 0.1) is 5.92 Å². The minimum Gasteiger partial charge on any atom is -0.381 e. The average Bonchev–Trinajstić information content (AvgIpc) is 3.38. The van der Waals surface area contributed by atoms with Crippen LogP contribution in [0.15, 0.2) is 21.8 Å². The van der Waals surface area contributed by atoms with E-state index in [0.29, 0.717) is 38.4 Å². The monoisotopic (exact) mass is 541 g/mol. The number of guanidine groups is 1. The molecular weight excluding hydrogens is 509 g/mol. The zero-order chi connectivity index (χ0) is 19.8. The molecule has 2 aliphatic rings. The van der Waals surface area contributed by atoms with Gasteiger partial charge in [-0.25, -0.2) is 8.42 Å². The summed E-state index contributed by atoms with van der Waals surface area (Å²) in [7, 11) is -3.39. The molecule has 0 unspecified atom stereocenters. The summed E-state index contributed by atoms with van der Waals surface area (Å²) in [6.45, 7) is 7.25. The van der Waals surface area contributed by atoms with Crippen molar-refractivity contribution in [3.63, 3.8) is 0 Å². The average molecular weight is 541 g/mol. The van der Waals surface area contributed by atoms with Crippen LogP contribution in [0.3, 0.4) is 0 Å². The number of sulfonamides is 1. The third-order valence-corrected chi connectivity index (χ3v) is 6.66. The van der Waals surface area contributed by atoms with Crippen molar-refractivity contribution in [2.24, 2.45) is 10.9 Å². The molecule has 0 radical (unpaired) electrons. The second kappa shape index (κ2) is 12.1. The van der Waals surface area contributed by atoms with Crippen LogP contribution < -0.4 is 5.32 Å². The lowest BCUT2D eigenvalue weighted by atomic mass is 10.4. The Morgan fingerprint density at radius 3 is 2.72 bits per heavy atom. The first-order valence-electron chi connectivity index (χ1n) is 10.1. The van der Waals surface area contributed by atoms with Gasteiger partial charge in [-0.1, -0.05) is 5.16 Å². The molecule has 1 saturated heterocycles. The summed E-state index contributed by atoms with van der Waals surface area (Å²) in [6.07, 6.45) is 4.90. The molecule has 0 amide bonds.